The van der Waals surface area contributed by atoms with Gasteiger partial charge in [-0.1, -0.05) is 12.1 Å². The molecule has 4 nitrogen and oxygen atoms in total. The first kappa shape index (κ1) is 12.9. The number of rotatable bonds is 3. The maximum Gasteiger partial charge on any atom is 0.310 e. The lowest BCUT2D eigenvalue weighted by atomic mass is 9.81. The topological polar surface area (TPSA) is 47.6 Å². The van der Waals surface area contributed by atoms with Crippen molar-refractivity contribution in [3.63, 3.8) is 0 Å². The van der Waals surface area contributed by atoms with E-state index in [1.54, 1.807) is 7.11 Å². The summed E-state index contributed by atoms with van der Waals surface area (Å²) in [6, 6.07) is 7.93. The second kappa shape index (κ2) is 5.87. The van der Waals surface area contributed by atoms with Crippen LogP contribution in [-0.2, 0) is 9.53 Å². The highest BCUT2D eigenvalue weighted by Gasteiger charge is 2.32. The van der Waals surface area contributed by atoms with E-state index in [0.29, 0.717) is 6.54 Å². The molecule has 1 N–H and O–H groups in total. The smallest absolute Gasteiger partial charge is 0.310 e. The van der Waals surface area contributed by atoms with Gasteiger partial charge in [-0.3, -0.25) is 4.79 Å². The fraction of sp³-hybridized carbons (Fsp3) is 0.500. The Kier molecular flexibility index (Phi) is 4.20. The van der Waals surface area contributed by atoms with Crippen LogP contribution in [0, 0.1) is 5.92 Å². The molecule has 2 rings (SSSR count). The van der Waals surface area contributed by atoms with Crippen LogP contribution in [0.15, 0.2) is 24.3 Å². The van der Waals surface area contributed by atoms with Crippen LogP contribution in [0.3, 0.4) is 0 Å². The highest BCUT2D eigenvalue weighted by atomic mass is 16.5. The van der Waals surface area contributed by atoms with Gasteiger partial charge in [0.15, 0.2) is 0 Å². The normalized spacial score (nSPS) is 23.4. The van der Waals surface area contributed by atoms with E-state index in [0.717, 1.165) is 24.3 Å². The summed E-state index contributed by atoms with van der Waals surface area (Å²) in [4.78, 5) is 11.8. The Hall–Kier alpha value is -1.55. The summed E-state index contributed by atoms with van der Waals surface area (Å²) in [5.74, 6) is 0.773. The fourth-order valence-corrected chi connectivity index (χ4v) is 2.53. The van der Waals surface area contributed by atoms with E-state index in [4.69, 9.17) is 9.47 Å². The average Bonchev–Trinajstić information content (AvgIpc) is 2.46. The third kappa shape index (κ3) is 2.64. The average molecular weight is 249 g/mol. The number of piperidine rings is 1. The summed E-state index contributed by atoms with van der Waals surface area (Å²) in [6.45, 7) is 1.60. The standard InChI is InChI=1S/C14H19NO3/c1-17-11-5-3-4-10(8-11)12-6-7-15-9-13(12)14(16)18-2/h3-5,8,12-13,15H,6-7,9H2,1-2H3. The second-order valence-corrected chi connectivity index (χ2v) is 4.51. The van der Waals surface area contributed by atoms with Crippen LogP contribution < -0.4 is 10.1 Å². The van der Waals surface area contributed by atoms with Gasteiger partial charge in [-0.05, 0) is 36.6 Å². The number of hydrogen-bond acceptors (Lipinski definition) is 4. The number of benzene rings is 1. The predicted octanol–water partition coefficient (Wildman–Crippen LogP) is 1.56. The van der Waals surface area contributed by atoms with E-state index in [2.05, 4.69) is 11.4 Å². The molecule has 0 spiro atoms. The van der Waals surface area contributed by atoms with Crippen molar-refractivity contribution in [2.75, 3.05) is 27.3 Å². The number of esters is 1. The van der Waals surface area contributed by atoms with E-state index in [1.807, 2.05) is 18.2 Å². The van der Waals surface area contributed by atoms with Crippen molar-refractivity contribution in [3.05, 3.63) is 29.8 Å². The van der Waals surface area contributed by atoms with Gasteiger partial charge in [0.1, 0.15) is 5.75 Å². The Balaban J connectivity index is 2.24. The van der Waals surface area contributed by atoms with Crippen molar-refractivity contribution in [1.82, 2.24) is 5.32 Å². The van der Waals surface area contributed by atoms with Crippen LogP contribution in [0.4, 0.5) is 0 Å². The lowest BCUT2D eigenvalue weighted by Gasteiger charge is -2.30. The molecule has 18 heavy (non-hydrogen) atoms. The highest BCUT2D eigenvalue weighted by molar-refractivity contribution is 5.74. The molecule has 2 atom stereocenters. The first-order chi connectivity index (χ1) is 8.76. The maximum atomic E-state index is 11.8. The Morgan fingerprint density at radius 2 is 2.22 bits per heavy atom. The SMILES string of the molecule is COC(=O)C1CNCCC1c1cccc(OC)c1. The van der Waals surface area contributed by atoms with E-state index < -0.39 is 0 Å². The van der Waals surface area contributed by atoms with Crippen LogP contribution in [-0.4, -0.2) is 33.3 Å². The Morgan fingerprint density at radius 3 is 2.94 bits per heavy atom. The lowest BCUT2D eigenvalue weighted by molar-refractivity contribution is -0.146. The van der Waals surface area contributed by atoms with Gasteiger partial charge in [0.05, 0.1) is 20.1 Å². The molecule has 1 aromatic rings. The predicted molar refractivity (Wildman–Crippen MR) is 68.7 cm³/mol. The molecule has 0 radical (unpaired) electrons. The molecule has 1 aromatic carbocycles. The Bertz CT molecular complexity index is 419. The van der Waals surface area contributed by atoms with Gasteiger partial charge in [-0.15, -0.1) is 0 Å². The summed E-state index contributed by atoms with van der Waals surface area (Å²) < 4.78 is 10.1. The zero-order chi connectivity index (χ0) is 13.0. The van der Waals surface area contributed by atoms with E-state index in [1.165, 1.54) is 7.11 Å². The number of carbonyl (C=O) groups excluding carboxylic acids is 1. The van der Waals surface area contributed by atoms with E-state index in [-0.39, 0.29) is 17.8 Å². The molecular formula is C14H19NO3. The molecule has 2 unspecified atom stereocenters. The molecule has 1 heterocycles. The summed E-state index contributed by atoms with van der Waals surface area (Å²) in [6.07, 6.45) is 0.937. The number of hydrogen-bond donors (Lipinski definition) is 1. The quantitative estimate of drug-likeness (QED) is 0.826. The van der Waals surface area contributed by atoms with Crippen molar-refractivity contribution in [3.8, 4) is 5.75 Å². The van der Waals surface area contributed by atoms with Gasteiger partial charge in [-0.2, -0.15) is 0 Å². The Morgan fingerprint density at radius 1 is 1.39 bits per heavy atom. The minimum absolute atomic E-state index is 0.115. The first-order valence-electron chi connectivity index (χ1n) is 6.18. The molecule has 0 amide bonds. The second-order valence-electron chi connectivity index (χ2n) is 4.51. The van der Waals surface area contributed by atoms with Gasteiger partial charge in [0.2, 0.25) is 0 Å². The molecule has 1 fully saturated rings. The summed E-state index contributed by atoms with van der Waals surface area (Å²) in [5, 5.41) is 3.25. The van der Waals surface area contributed by atoms with Crippen molar-refractivity contribution < 1.29 is 14.3 Å². The zero-order valence-corrected chi connectivity index (χ0v) is 10.8. The molecule has 1 aliphatic rings. The maximum absolute atomic E-state index is 11.8. The number of nitrogens with one attached hydrogen (secondary N) is 1. The number of ether oxygens (including phenoxy) is 2. The van der Waals surface area contributed by atoms with Crippen molar-refractivity contribution in [1.29, 1.82) is 0 Å². The molecule has 0 aromatic heterocycles. The van der Waals surface area contributed by atoms with Gasteiger partial charge < -0.3 is 14.8 Å². The van der Waals surface area contributed by atoms with E-state index >= 15 is 0 Å². The van der Waals surface area contributed by atoms with Crippen molar-refractivity contribution in [2.45, 2.75) is 12.3 Å². The Labute approximate surface area is 107 Å². The monoisotopic (exact) mass is 249 g/mol. The number of carbonyl (C=O) groups is 1. The van der Waals surface area contributed by atoms with Gasteiger partial charge >= 0.3 is 5.97 Å². The van der Waals surface area contributed by atoms with Crippen LogP contribution in [0.1, 0.15) is 17.9 Å². The minimum Gasteiger partial charge on any atom is -0.497 e. The molecule has 98 valence electrons. The summed E-state index contributed by atoms with van der Waals surface area (Å²) in [7, 11) is 3.10. The molecule has 0 saturated carbocycles. The van der Waals surface area contributed by atoms with Crippen molar-refractivity contribution >= 4 is 5.97 Å². The van der Waals surface area contributed by atoms with Crippen LogP contribution in [0.2, 0.25) is 0 Å². The molecule has 0 bridgehead atoms. The summed E-state index contributed by atoms with van der Waals surface area (Å²) in [5.41, 5.74) is 1.14. The molecule has 1 saturated heterocycles. The van der Waals surface area contributed by atoms with Crippen LogP contribution >= 0.6 is 0 Å². The summed E-state index contributed by atoms with van der Waals surface area (Å²) >= 11 is 0. The molecule has 1 aliphatic heterocycles. The first-order valence-corrected chi connectivity index (χ1v) is 6.18. The van der Waals surface area contributed by atoms with Crippen LogP contribution in [0.25, 0.3) is 0 Å². The van der Waals surface area contributed by atoms with Crippen molar-refractivity contribution in [2.24, 2.45) is 5.92 Å². The largest absolute Gasteiger partial charge is 0.497 e. The third-order valence-corrected chi connectivity index (χ3v) is 3.51. The number of methoxy groups -OCH3 is 2. The van der Waals surface area contributed by atoms with Gasteiger partial charge in [0, 0.05) is 6.54 Å². The molecule has 4 heteroatoms. The highest BCUT2D eigenvalue weighted by Crippen LogP contribution is 2.32. The fourth-order valence-electron chi connectivity index (χ4n) is 2.53. The molecular weight excluding hydrogens is 230 g/mol. The third-order valence-electron chi connectivity index (χ3n) is 3.51. The van der Waals surface area contributed by atoms with Gasteiger partial charge in [0.25, 0.3) is 0 Å². The van der Waals surface area contributed by atoms with Gasteiger partial charge in [-0.25, -0.2) is 0 Å². The molecule has 0 aliphatic carbocycles. The minimum atomic E-state index is -0.144. The lowest BCUT2D eigenvalue weighted by Crippen LogP contribution is -2.40. The van der Waals surface area contributed by atoms with Crippen LogP contribution in [0.5, 0.6) is 5.75 Å². The zero-order valence-electron chi connectivity index (χ0n) is 10.8. The van der Waals surface area contributed by atoms with E-state index in [9.17, 15) is 4.79 Å².